The Balaban J connectivity index is 0.000000472. The van der Waals surface area contributed by atoms with Gasteiger partial charge in [-0.1, -0.05) is 19.1 Å². The third-order valence-electron chi connectivity index (χ3n) is 3.24. The minimum Gasteiger partial charge on any atom is -0.207 e. The molecule has 1 rings (SSSR count). The highest BCUT2D eigenvalue weighted by atomic mass is 19.4. The van der Waals surface area contributed by atoms with Gasteiger partial charge in [0, 0.05) is 0 Å². The number of hydrogen-bond donors (Lipinski definition) is 0. The summed E-state index contributed by atoms with van der Waals surface area (Å²) in [5, 5.41) is 16.7. The Morgan fingerprint density at radius 2 is 1.64 bits per heavy atom. The van der Waals surface area contributed by atoms with Gasteiger partial charge in [-0.3, -0.25) is 0 Å². The van der Waals surface area contributed by atoms with Crippen molar-refractivity contribution in [2.75, 3.05) is 0 Å². The van der Waals surface area contributed by atoms with E-state index in [1.54, 1.807) is 12.1 Å². The van der Waals surface area contributed by atoms with E-state index in [1.807, 2.05) is 13.8 Å². The highest BCUT2D eigenvalue weighted by Crippen LogP contribution is 2.25. The first kappa shape index (κ1) is 19.9. The van der Waals surface area contributed by atoms with Crippen LogP contribution in [0.15, 0.2) is 24.3 Å². The maximum absolute atomic E-state index is 12.6. The van der Waals surface area contributed by atoms with E-state index in [9.17, 15) is 17.6 Å². The van der Waals surface area contributed by atoms with Gasteiger partial charge in [0.1, 0.15) is 11.7 Å². The van der Waals surface area contributed by atoms with E-state index in [0.717, 1.165) is 25.0 Å². The van der Waals surface area contributed by atoms with Gasteiger partial charge in [0.2, 0.25) is 0 Å². The van der Waals surface area contributed by atoms with E-state index >= 15 is 0 Å². The standard InChI is InChI=1S/C12H14FN.C4H4F3N/c1-3-12(2,9-14)8-10-4-6-11(13)7-5-10;1-3(2-8)4(5,6)7/h4-7H,3,8H2,1-2H3;3H,1H3. The Morgan fingerprint density at radius 1 is 1.14 bits per heavy atom. The van der Waals surface area contributed by atoms with Gasteiger partial charge < -0.3 is 0 Å². The van der Waals surface area contributed by atoms with Gasteiger partial charge in [-0.2, -0.15) is 23.7 Å². The van der Waals surface area contributed by atoms with Gasteiger partial charge in [-0.25, -0.2) is 4.39 Å². The van der Waals surface area contributed by atoms with Crippen molar-refractivity contribution in [3.63, 3.8) is 0 Å². The number of benzene rings is 1. The molecule has 2 atom stereocenters. The molecule has 6 heteroatoms. The van der Waals surface area contributed by atoms with Crippen LogP contribution in [-0.4, -0.2) is 6.18 Å². The second kappa shape index (κ2) is 8.38. The van der Waals surface area contributed by atoms with Crippen molar-refractivity contribution in [2.24, 2.45) is 11.3 Å². The molecule has 120 valence electrons. The third kappa shape index (κ3) is 7.08. The quantitative estimate of drug-likeness (QED) is 0.736. The van der Waals surface area contributed by atoms with Crippen LogP contribution in [-0.2, 0) is 6.42 Å². The molecule has 2 unspecified atom stereocenters. The SMILES string of the molecule is CC(C#N)C(F)(F)F.CCC(C)(C#N)Cc1ccc(F)cc1. The van der Waals surface area contributed by atoms with E-state index in [0.29, 0.717) is 6.42 Å². The summed E-state index contributed by atoms with van der Waals surface area (Å²) in [6.07, 6.45) is -2.87. The highest BCUT2D eigenvalue weighted by Gasteiger charge is 2.35. The number of nitrogens with zero attached hydrogens (tertiary/aromatic N) is 2. The van der Waals surface area contributed by atoms with Crippen LogP contribution in [0, 0.1) is 39.8 Å². The van der Waals surface area contributed by atoms with E-state index in [1.165, 1.54) is 12.1 Å². The molecule has 0 fully saturated rings. The normalized spacial score (nSPS) is 14.6. The number of hydrogen-bond acceptors (Lipinski definition) is 2. The molecule has 0 N–H and O–H groups in total. The molecule has 0 saturated heterocycles. The van der Waals surface area contributed by atoms with Crippen molar-refractivity contribution in [1.29, 1.82) is 10.5 Å². The van der Waals surface area contributed by atoms with Gasteiger partial charge in [-0.15, -0.1) is 0 Å². The zero-order valence-corrected chi connectivity index (χ0v) is 12.7. The first-order valence-corrected chi connectivity index (χ1v) is 6.70. The maximum atomic E-state index is 12.6. The molecular formula is C16H18F4N2. The van der Waals surface area contributed by atoms with E-state index < -0.39 is 12.1 Å². The van der Waals surface area contributed by atoms with E-state index in [-0.39, 0.29) is 11.2 Å². The molecule has 22 heavy (non-hydrogen) atoms. The smallest absolute Gasteiger partial charge is 0.207 e. The topological polar surface area (TPSA) is 47.6 Å². The molecule has 0 aromatic heterocycles. The van der Waals surface area contributed by atoms with Crippen LogP contribution in [0.5, 0.6) is 0 Å². The molecule has 0 spiro atoms. The summed E-state index contributed by atoms with van der Waals surface area (Å²) in [5.41, 5.74) is 0.676. The van der Waals surface area contributed by atoms with Gasteiger partial charge in [-0.05, 0) is 44.4 Å². The van der Waals surface area contributed by atoms with E-state index in [2.05, 4.69) is 6.07 Å². The number of halogens is 4. The Hall–Kier alpha value is -2.08. The van der Waals surface area contributed by atoms with Crippen LogP contribution in [0.2, 0.25) is 0 Å². The van der Waals surface area contributed by atoms with Crippen molar-refractivity contribution in [1.82, 2.24) is 0 Å². The zero-order chi connectivity index (χ0) is 17.4. The fraction of sp³-hybridized carbons (Fsp3) is 0.500. The summed E-state index contributed by atoms with van der Waals surface area (Å²) in [4.78, 5) is 0. The molecule has 0 radical (unpaired) electrons. The van der Waals surface area contributed by atoms with Gasteiger partial charge in [0.05, 0.1) is 17.6 Å². The Labute approximate surface area is 128 Å². The predicted molar refractivity (Wildman–Crippen MR) is 74.9 cm³/mol. The van der Waals surface area contributed by atoms with Crippen molar-refractivity contribution < 1.29 is 17.6 Å². The first-order chi connectivity index (χ1) is 10.1. The summed E-state index contributed by atoms with van der Waals surface area (Å²) in [5.74, 6) is -2.08. The molecule has 0 aliphatic carbocycles. The van der Waals surface area contributed by atoms with Crippen LogP contribution in [0.1, 0.15) is 32.8 Å². The summed E-state index contributed by atoms with van der Waals surface area (Å²) >= 11 is 0. The summed E-state index contributed by atoms with van der Waals surface area (Å²) in [6, 6.07) is 9.72. The lowest BCUT2D eigenvalue weighted by Crippen LogP contribution is -2.17. The average Bonchev–Trinajstić information content (AvgIpc) is 2.48. The summed E-state index contributed by atoms with van der Waals surface area (Å²) < 4.78 is 46.3. The highest BCUT2D eigenvalue weighted by molar-refractivity contribution is 5.19. The monoisotopic (exact) mass is 314 g/mol. The van der Waals surface area contributed by atoms with Crippen molar-refractivity contribution >= 4 is 0 Å². The van der Waals surface area contributed by atoms with Gasteiger partial charge >= 0.3 is 6.18 Å². The molecule has 0 saturated carbocycles. The largest absolute Gasteiger partial charge is 0.404 e. The van der Waals surface area contributed by atoms with Gasteiger partial charge in [0.15, 0.2) is 0 Å². The zero-order valence-electron chi connectivity index (χ0n) is 12.7. The Kier molecular flexibility index (Phi) is 7.59. The van der Waals surface area contributed by atoms with Crippen LogP contribution in [0.25, 0.3) is 0 Å². The lowest BCUT2D eigenvalue weighted by molar-refractivity contribution is -0.154. The molecule has 2 nitrogen and oxygen atoms in total. The minimum atomic E-state index is -4.35. The Bertz CT molecular complexity index is 537. The number of alkyl halides is 3. The molecule has 1 aromatic rings. The number of nitriles is 2. The van der Waals surface area contributed by atoms with Crippen LogP contribution in [0.3, 0.4) is 0 Å². The van der Waals surface area contributed by atoms with Crippen LogP contribution >= 0.6 is 0 Å². The second-order valence-electron chi connectivity index (χ2n) is 5.22. The Morgan fingerprint density at radius 3 is 1.91 bits per heavy atom. The molecular weight excluding hydrogens is 296 g/mol. The molecule has 0 amide bonds. The van der Waals surface area contributed by atoms with Crippen molar-refractivity contribution in [2.45, 2.75) is 39.8 Å². The minimum absolute atomic E-state index is 0.232. The summed E-state index contributed by atoms with van der Waals surface area (Å²) in [6.45, 7) is 4.74. The van der Waals surface area contributed by atoms with Crippen molar-refractivity contribution in [3.05, 3.63) is 35.6 Å². The van der Waals surface area contributed by atoms with Crippen LogP contribution < -0.4 is 0 Å². The predicted octanol–water partition coefficient (Wildman–Crippen LogP) is 5.02. The van der Waals surface area contributed by atoms with Gasteiger partial charge in [0.25, 0.3) is 0 Å². The first-order valence-electron chi connectivity index (χ1n) is 6.70. The number of rotatable bonds is 3. The summed E-state index contributed by atoms with van der Waals surface area (Å²) in [7, 11) is 0. The second-order valence-corrected chi connectivity index (χ2v) is 5.22. The lowest BCUT2D eigenvalue weighted by atomic mass is 9.83. The fourth-order valence-corrected chi connectivity index (χ4v) is 1.37. The molecule has 0 aliphatic rings. The molecule has 0 bridgehead atoms. The molecule has 0 heterocycles. The third-order valence-corrected chi connectivity index (χ3v) is 3.24. The fourth-order valence-electron chi connectivity index (χ4n) is 1.37. The van der Waals surface area contributed by atoms with Crippen molar-refractivity contribution in [3.8, 4) is 12.1 Å². The molecule has 0 aliphatic heterocycles. The maximum Gasteiger partial charge on any atom is 0.404 e. The van der Waals surface area contributed by atoms with E-state index in [4.69, 9.17) is 10.5 Å². The lowest BCUT2D eigenvalue weighted by Gasteiger charge is -2.18. The van der Waals surface area contributed by atoms with Crippen LogP contribution in [0.4, 0.5) is 17.6 Å². The average molecular weight is 314 g/mol. The molecule has 1 aromatic carbocycles.